The fourth-order valence-corrected chi connectivity index (χ4v) is 3.47. The highest BCUT2D eigenvalue weighted by Crippen LogP contribution is 2.27. The number of halogens is 2. The molecule has 0 atom stereocenters. The highest BCUT2D eigenvalue weighted by Gasteiger charge is 2.13. The van der Waals surface area contributed by atoms with E-state index in [0.29, 0.717) is 14.7 Å². The van der Waals surface area contributed by atoms with Gasteiger partial charge in [0.15, 0.2) is 0 Å². The van der Waals surface area contributed by atoms with E-state index in [4.69, 9.17) is 35.4 Å². The van der Waals surface area contributed by atoms with Gasteiger partial charge in [0.25, 0.3) is 0 Å². The first-order valence-corrected chi connectivity index (χ1v) is 7.88. The molecule has 0 saturated heterocycles. The number of aryl methyl sites for hydroxylation is 1. The fourth-order valence-electron chi connectivity index (χ4n) is 2.62. The van der Waals surface area contributed by atoms with Crippen LogP contribution in [-0.4, -0.2) is 9.97 Å². The number of H-pyrrole nitrogens is 1. The summed E-state index contributed by atoms with van der Waals surface area (Å²) in [5, 5.41) is 1.20. The summed E-state index contributed by atoms with van der Waals surface area (Å²) in [6, 6.07) is 5.42. The van der Waals surface area contributed by atoms with Gasteiger partial charge < -0.3 is 4.98 Å². The molecule has 0 amide bonds. The number of hydrogen-bond donors (Lipinski definition) is 1. The second-order valence-electron chi connectivity index (χ2n) is 5.07. The average molecular weight is 325 g/mol. The van der Waals surface area contributed by atoms with Crippen LogP contribution in [0.5, 0.6) is 0 Å². The van der Waals surface area contributed by atoms with E-state index in [2.05, 4.69) is 9.97 Å². The number of fused-ring (bicyclic) bond motifs is 1. The molecule has 0 fully saturated rings. The Labute approximate surface area is 133 Å². The van der Waals surface area contributed by atoms with Crippen molar-refractivity contribution in [1.29, 1.82) is 0 Å². The Morgan fingerprint density at radius 1 is 1.00 bits per heavy atom. The number of aromatic nitrogens is 2. The summed E-state index contributed by atoms with van der Waals surface area (Å²) >= 11 is 17.6. The van der Waals surface area contributed by atoms with Crippen molar-refractivity contribution in [1.82, 2.24) is 9.97 Å². The lowest BCUT2D eigenvalue weighted by atomic mass is 10.1. The van der Waals surface area contributed by atoms with Crippen molar-refractivity contribution in [2.45, 2.75) is 32.1 Å². The van der Waals surface area contributed by atoms with Crippen LogP contribution in [0, 0.1) is 4.64 Å². The second kappa shape index (κ2) is 5.84. The Balaban J connectivity index is 2.13. The lowest BCUT2D eigenvalue weighted by molar-refractivity contribution is 0.708. The molecule has 1 aliphatic carbocycles. The predicted octanol–water partition coefficient (Wildman–Crippen LogP) is 5.38. The Morgan fingerprint density at radius 3 is 2.45 bits per heavy atom. The molecule has 3 rings (SSSR count). The Bertz CT molecular complexity index is 689. The van der Waals surface area contributed by atoms with Crippen LogP contribution in [-0.2, 0) is 12.8 Å². The van der Waals surface area contributed by atoms with Gasteiger partial charge >= 0.3 is 0 Å². The van der Waals surface area contributed by atoms with Crippen LogP contribution >= 0.6 is 35.4 Å². The molecular formula is C15H14Cl2N2S. The van der Waals surface area contributed by atoms with Crippen molar-refractivity contribution in [2.75, 3.05) is 0 Å². The molecule has 5 heteroatoms. The van der Waals surface area contributed by atoms with Crippen LogP contribution in [0.1, 0.15) is 30.5 Å². The molecular weight excluding hydrogens is 311 g/mol. The zero-order chi connectivity index (χ0) is 14.1. The molecule has 0 radical (unpaired) electrons. The highest BCUT2D eigenvalue weighted by atomic mass is 35.5. The monoisotopic (exact) mass is 324 g/mol. The first-order valence-electron chi connectivity index (χ1n) is 6.72. The molecule has 1 heterocycles. The van der Waals surface area contributed by atoms with Gasteiger partial charge in [0.2, 0.25) is 0 Å². The van der Waals surface area contributed by atoms with Crippen LogP contribution in [0.25, 0.3) is 11.4 Å². The number of nitrogens with one attached hydrogen (secondary N) is 1. The third kappa shape index (κ3) is 2.90. The summed E-state index contributed by atoms with van der Waals surface area (Å²) in [5.74, 6) is 0.750. The summed E-state index contributed by atoms with van der Waals surface area (Å²) in [5.41, 5.74) is 3.30. The van der Waals surface area contributed by atoms with E-state index in [0.717, 1.165) is 24.2 Å². The molecule has 2 nitrogen and oxygen atoms in total. The van der Waals surface area contributed by atoms with Gasteiger partial charge in [0, 0.05) is 26.9 Å². The van der Waals surface area contributed by atoms with Gasteiger partial charge in [0.1, 0.15) is 10.5 Å². The quantitative estimate of drug-likeness (QED) is 0.563. The fraction of sp³-hybridized carbons (Fsp3) is 0.333. The van der Waals surface area contributed by atoms with E-state index in [1.807, 2.05) is 12.1 Å². The van der Waals surface area contributed by atoms with Crippen LogP contribution in [0.15, 0.2) is 18.2 Å². The van der Waals surface area contributed by atoms with Crippen molar-refractivity contribution in [3.63, 3.8) is 0 Å². The lowest BCUT2D eigenvalue weighted by Crippen LogP contribution is -2.02. The van der Waals surface area contributed by atoms with Crippen LogP contribution in [0.3, 0.4) is 0 Å². The normalized spacial score (nSPS) is 14.7. The van der Waals surface area contributed by atoms with E-state index < -0.39 is 0 Å². The molecule has 0 spiro atoms. The van der Waals surface area contributed by atoms with Gasteiger partial charge in [-0.25, -0.2) is 4.98 Å². The minimum Gasteiger partial charge on any atom is -0.343 e. The molecule has 2 aromatic rings. The molecule has 1 N–H and O–H groups in total. The number of aromatic amines is 1. The first-order chi connectivity index (χ1) is 9.63. The zero-order valence-corrected chi connectivity index (χ0v) is 13.2. The summed E-state index contributed by atoms with van der Waals surface area (Å²) in [4.78, 5) is 7.94. The van der Waals surface area contributed by atoms with Crippen molar-refractivity contribution < 1.29 is 0 Å². The standard InChI is InChI=1S/C15H14Cl2N2S/c16-10-6-9(7-11(17)8-10)14-18-13-5-3-1-2-4-12(13)15(20)19-14/h6-8H,1-5H2,(H,18,19,20). The summed E-state index contributed by atoms with van der Waals surface area (Å²) in [6.45, 7) is 0. The van der Waals surface area contributed by atoms with Crippen molar-refractivity contribution in [2.24, 2.45) is 0 Å². The summed E-state index contributed by atoms with van der Waals surface area (Å²) in [7, 11) is 0. The number of nitrogens with zero attached hydrogens (tertiary/aromatic N) is 1. The van der Waals surface area contributed by atoms with Gasteiger partial charge in [-0.1, -0.05) is 41.8 Å². The predicted molar refractivity (Wildman–Crippen MR) is 86.1 cm³/mol. The molecule has 1 aromatic heterocycles. The lowest BCUT2D eigenvalue weighted by Gasteiger charge is -2.10. The number of hydrogen-bond acceptors (Lipinski definition) is 2. The maximum Gasteiger partial charge on any atom is 0.139 e. The molecule has 0 bridgehead atoms. The largest absolute Gasteiger partial charge is 0.343 e. The third-order valence-corrected chi connectivity index (χ3v) is 4.37. The minimum absolute atomic E-state index is 0.601. The van der Waals surface area contributed by atoms with Gasteiger partial charge in [-0.15, -0.1) is 0 Å². The first kappa shape index (κ1) is 14.1. The third-order valence-electron chi connectivity index (χ3n) is 3.59. The summed E-state index contributed by atoms with van der Waals surface area (Å²) in [6.07, 6.45) is 5.68. The molecule has 0 unspecified atom stereocenters. The van der Waals surface area contributed by atoms with E-state index in [1.165, 1.54) is 30.5 Å². The average Bonchev–Trinajstić information content (AvgIpc) is 2.63. The molecule has 104 valence electrons. The summed E-state index contributed by atoms with van der Waals surface area (Å²) < 4.78 is 0.701. The van der Waals surface area contributed by atoms with Crippen molar-refractivity contribution >= 4 is 35.4 Å². The minimum atomic E-state index is 0.601. The maximum absolute atomic E-state index is 6.06. The van der Waals surface area contributed by atoms with E-state index in [9.17, 15) is 0 Å². The smallest absolute Gasteiger partial charge is 0.139 e. The molecule has 0 saturated carbocycles. The number of rotatable bonds is 1. The Morgan fingerprint density at radius 2 is 1.70 bits per heavy atom. The topological polar surface area (TPSA) is 28.7 Å². The molecule has 1 aliphatic rings. The molecule has 20 heavy (non-hydrogen) atoms. The molecule has 1 aromatic carbocycles. The Hall–Kier alpha value is -0.900. The van der Waals surface area contributed by atoms with Crippen LogP contribution < -0.4 is 0 Å². The SMILES string of the molecule is S=c1nc(-c2cc(Cl)cc(Cl)c2)[nH]c2c1CCCCC2. The van der Waals surface area contributed by atoms with Crippen molar-refractivity contribution in [3.05, 3.63) is 44.1 Å². The second-order valence-corrected chi connectivity index (χ2v) is 6.33. The van der Waals surface area contributed by atoms with Gasteiger partial charge in [-0.05, 0) is 43.9 Å². The Kier molecular flexibility index (Phi) is 4.11. The molecule has 0 aliphatic heterocycles. The van der Waals surface area contributed by atoms with E-state index in [1.54, 1.807) is 6.07 Å². The zero-order valence-electron chi connectivity index (χ0n) is 10.9. The highest BCUT2D eigenvalue weighted by molar-refractivity contribution is 7.71. The number of benzene rings is 1. The van der Waals surface area contributed by atoms with Gasteiger partial charge in [-0.2, -0.15) is 0 Å². The maximum atomic E-state index is 6.06. The van der Waals surface area contributed by atoms with Crippen molar-refractivity contribution in [3.8, 4) is 11.4 Å². The van der Waals surface area contributed by atoms with Crippen LogP contribution in [0.4, 0.5) is 0 Å². The van der Waals surface area contributed by atoms with Gasteiger partial charge in [-0.3, -0.25) is 0 Å². The van der Waals surface area contributed by atoms with E-state index >= 15 is 0 Å². The van der Waals surface area contributed by atoms with Crippen LogP contribution in [0.2, 0.25) is 10.0 Å². The van der Waals surface area contributed by atoms with Gasteiger partial charge in [0.05, 0.1) is 0 Å². The van der Waals surface area contributed by atoms with E-state index in [-0.39, 0.29) is 0 Å².